The maximum Gasteiger partial charge on any atom is 0.118 e. The van der Waals surface area contributed by atoms with E-state index in [-0.39, 0.29) is 5.54 Å². The first-order valence-electron chi connectivity index (χ1n) is 6.23. The van der Waals surface area contributed by atoms with Crippen LogP contribution in [0.25, 0.3) is 0 Å². The van der Waals surface area contributed by atoms with Crippen molar-refractivity contribution in [2.75, 3.05) is 6.54 Å². The smallest absolute Gasteiger partial charge is 0.118 e. The second kappa shape index (κ2) is 6.10. The number of hydrogen-bond acceptors (Lipinski definition) is 2. The van der Waals surface area contributed by atoms with Crippen LogP contribution in [-0.4, -0.2) is 23.2 Å². The number of aromatic nitrogens is 1. The fraction of sp³-hybridized carbons (Fsp3) is 0.643. The van der Waals surface area contributed by atoms with Crippen LogP contribution >= 0.6 is 0 Å². The van der Waals surface area contributed by atoms with Gasteiger partial charge in [-0.1, -0.05) is 13.0 Å². The number of pyridine rings is 1. The first-order chi connectivity index (χ1) is 7.90. The molecular formula is C14H23FN2. The van der Waals surface area contributed by atoms with Gasteiger partial charge in [0, 0.05) is 30.4 Å². The zero-order valence-corrected chi connectivity index (χ0v) is 11.3. The van der Waals surface area contributed by atoms with Gasteiger partial charge in [0.05, 0.1) is 0 Å². The van der Waals surface area contributed by atoms with Gasteiger partial charge < -0.3 is 5.32 Å². The lowest BCUT2D eigenvalue weighted by Gasteiger charge is -2.21. The molecule has 0 aliphatic carbocycles. The summed E-state index contributed by atoms with van der Waals surface area (Å²) in [6, 6.07) is 3.94. The molecule has 0 saturated heterocycles. The van der Waals surface area contributed by atoms with Crippen molar-refractivity contribution in [3.63, 3.8) is 0 Å². The normalized spacial score (nSPS) is 13.7. The first kappa shape index (κ1) is 14.1. The molecule has 0 saturated carbocycles. The molecule has 1 unspecified atom stereocenters. The van der Waals surface area contributed by atoms with Crippen molar-refractivity contribution < 1.29 is 4.39 Å². The summed E-state index contributed by atoms with van der Waals surface area (Å²) in [5, 5.41) is 3.16. The van der Waals surface area contributed by atoms with Crippen molar-refractivity contribution in [3.05, 3.63) is 29.6 Å². The monoisotopic (exact) mass is 238 g/mol. The van der Waals surface area contributed by atoms with E-state index in [1.807, 2.05) is 39.1 Å². The predicted octanol–water partition coefficient (Wildman–Crippen LogP) is 2.91. The summed E-state index contributed by atoms with van der Waals surface area (Å²) < 4.78 is 13.7. The summed E-state index contributed by atoms with van der Waals surface area (Å²) in [6.45, 7) is 8.57. The van der Waals surface area contributed by atoms with Crippen LogP contribution in [0.2, 0.25) is 0 Å². The van der Waals surface area contributed by atoms with E-state index in [1.54, 1.807) is 0 Å². The lowest BCUT2D eigenvalue weighted by molar-refractivity contribution is 0.283. The molecular weight excluding hydrogens is 215 g/mol. The van der Waals surface area contributed by atoms with Crippen molar-refractivity contribution >= 4 is 0 Å². The van der Waals surface area contributed by atoms with Crippen LogP contribution in [0.5, 0.6) is 0 Å². The van der Waals surface area contributed by atoms with Gasteiger partial charge in [0.15, 0.2) is 0 Å². The third kappa shape index (κ3) is 5.78. The molecule has 0 fully saturated rings. The van der Waals surface area contributed by atoms with E-state index in [4.69, 9.17) is 0 Å². The molecule has 1 N–H and O–H groups in total. The second-order valence-electron chi connectivity index (χ2n) is 5.44. The summed E-state index contributed by atoms with van der Waals surface area (Å²) in [6.07, 6.45) is 2.30. The van der Waals surface area contributed by atoms with Gasteiger partial charge >= 0.3 is 0 Å². The number of halogens is 1. The van der Waals surface area contributed by atoms with Crippen molar-refractivity contribution in [1.82, 2.24) is 10.3 Å². The van der Waals surface area contributed by atoms with Crippen LogP contribution in [0.1, 0.15) is 39.0 Å². The molecule has 1 aromatic heterocycles. The zero-order valence-electron chi connectivity index (χ0n) is 11.3. The molecule has 0 radical (unpaired) electrons. The Balaban J connectivity index is 2.42. The summed E-state index contributed by atoms with van der Waals surface area (Å²) in [5.41, 5.74) is 1.98. The summed E-state index contributed by atoms with van der Waals surface area (Å²) in [5.74, 6) is 0. The molecule has 0 aliphatic heterocycles. The van der Waals surface area contributed by atoms with Gasteiger partial charge in [-0.25, -0.2) is 4.39 Å². The number of nitrogens with zero attached hydrogens (tertiary/aromatic N) is 1. The highest BCUT2D eigenvalue weighted by Crippen LogP contribution is 2.07. The molecule has 1 heterocycles. The van der Waals surface area contributed by atoms with E-state index in [0.29, 0.717) is 13.0 Å². The van der Waals surface area contributed by atoms with Crippen molar-refractivity contribution in [1.29, 1.82) is 0 Å². The molecule has 1 atom stereocenters. The summed E-state index contributed by atoms with van der Waals surface area (Å²) >= 11 is 0. The number of alkyl halides is 1. The highest BCUT2D eigenvalue weighted by atomic mass is 19.1. The summed E-state index contributed by atoms with van der Waals surface area (Å²) in [4.78, 5) is 4.27. The van der Waals surface area contributed by atoms with Crippen LogP contribution in [0, 0.1) is 0 Å². The highest BCUT2D eigenvalue weighted by molar-refractivity contribution is 5.14. The Morgan fingerprint density at radius 2 is 2.06 bits per heavy atom. The van der Waals surface area contributed by atoms with Gasteiger partial charge in [-0.3, -0.25) is 4.98 Å². The third-order valence-corrected chi connectivity index (χ3v) is 2.58. The van der Waals surface area contributed by atoms with E-state index < -0.39 is 6.17 Å². The quantitative estimate of drug-likeness (QED) is 0.853. The van der Waals surface area contributed by atoms with Gasteiger partial charge in [0.25, 0.3) is 0 Å². The maximum absolute atomic E-state index is 13.7. The molecule has 0 spiro atoms. The van der Waals surface area contributed by atoms with Crippen molar-refractivity contribution in [3.8, 4) is 0 Å². The zero-order chi connectivity index (χ0) is 12.9. The Labute approximate surface area is 104 Å². The first-order valence-corrected chi connectivity index (χ1v) is 6.23. The summed E-state index contributed by atoms with van der Waals surface area (Å²) in [7, 11) is 0. The fourth-order valence-corrected chi connectivity index (χ4v) is 1.50. The Kier molecular flexibility index (Phi) is 5.06. The number of aryl methyl sites for hydroxylation is 1. The van der Waals surface area contributed by atoms with E-state index in [9.17, 15) is 4.39 Å². The Morgan fingerprint density at radius 3 is 2.53 bits per heavy atom. The lowest BCUT2D eigenvalue weighted by atomic mass is 10.1. The highest BCUT2D eigenvalue weighted by Gasteiger charge is 2.14. The standard InChI is InChI=1S/C14H23FN2/c1-5-11-6-7-13(16-9-11)8-12(15)10-17-14(2,3)4/h6-7,9,12,17H,5,8,10H2,1-4H3. The SMILES string of the molecule is CCc1ccc(CC(F)CNC(C)(C)C)nc1. The molecule has 0 aliphatic rings. The van der Waals surface area contributed by atoms with E-state index in [2.05, 4.69) is 17.2 Å². The van der Waals surface area contributed by atoms with Crippen molar-refractivity contribution in [2.45, 2.75) is 52.2 Å². The van der Waals surface area contributed by atoms with E-state index >= 15 is 0 Å². The average Bonchev–Trinajstić information content (AvgIpc) is 2.27. The minimum atomic E-state index is -0.880. The predicted molar refractivity (Wildman–Crippen MR) is 70.0 cm³/mol. The molecule has 0 amide bonds. The molecule has 0 bridgehead atoms. The minimum Gasteiger partial charge on any atom is -0.309 e. The van der Waals surface area contributed by atoms with Crippen LogP contribution in [0.4, 0.5) is 4.39 Å². The Hall–Kier alpha value is -0.960. The molecule has 0 aromatic carbocycles. The second-order valence-corrected chi connectivity index (χ2v) is 5.44. The van der Waals surface area contributed by atoms with Crippen LogP contribution in [-0.2, 0) is 12.8 Å². The maximum atomic E-state index is 13.7. The number of hydrogen-bond donors (Lipinski definition) is 1. The van der Waals surface area contributed by atoms with Gasteiger partial charge in [-0.05, 0) is 38.8 Å². The average molecular weight is 238 g/mol. The van der Waals surface area contributed by atoms with Crippen LogP contribution < -0.4 is 5.32 Å². The Bertz CT molecular complexity index is 327. The van der Waals surface area contributed by atoms with E-state index in [1.165, 1.54) is 5.56 Å². The third-order valence-electron chi connectivity index (χ3n) is 2.58. The molecule has 3 heteroatoms. The van der Waals surface area contributed by atoms with E-state index in [0.717, 1.165) is 12.1 Å². The Morgan fingerprint density at radius 1 is 1.35 bits per heavy atom. The molecule has 96 valence electrons. The van der Waals surface area contributed by atoms with Gasteiger partial charge in [-0.15, -0.1) is 0 Å². The molecule has 17 heavy (non-hydrogen) atoms. The fourth-order valence-electron chi connectivity index (χ4n) is 1.50. The van der Waals surface area contributed by atoms with Crippen LogP contribution in [0.15, 0.2) is 18.3 Å². The van der Waals surface area contributed by atoms with Crippen LogP contribution in [0.3, 0.4) is 0 Å². The van der Waals surface area contributed by atoms with Crippen molar-refractivity contribution in [2.24, 2.45) is 0 Å². The van der Waals surface area contributed by atoms with Gasteiger partial charge in [0.1, 0.15) is 6.17 Å². The van der Waals surface area contributed by atoms with Gasteiger partial charge in [0.2, 0.25) is 0 Å². The molecule has 2 nitrogen and oxygen atoms in total. The number of nitrogens with one attached hydrogen (secondary N) is 1. The largest absolute Gasteiger partial charge is 0.309 e. The number of rotatable bonds is 5. The topological polar surface area (TPSA) is 24.9 Å². The lowest BCUT2D eigenvalue weighted by Crippen LogP contribution is -2.40. The minimum absolute atomic E-state index is 0.0379. The van der Waals surface area contributed by atoms with Gasteiger partial charge in [-0.2, -0.15) is 0 Å². The molecule has 1 aromatic rings. The molecule has 1 rings (SSSR count).